The number of aliphatic hydroxyl groups is 1. The fraction of sp³-hybridized carbons (Fsp3) is 0.333. The lowest BCUT2D eigenvalue weighted by atomic mass is 10.1. The van der Waals surface area contributed by atoms with Gasteiger partial charge in [-0.3, -0.25) is 4.79 Å². The predicted octanol–water partition coefficient (Wildman–Crippen LogP) is 3.16. The number of aromatic nitrogens is 1. The number of amides is 1. The highest BCUT2D eigenvalue weighted by molar-refractivity contribution is 7.09. The van der Waals surface area contributed by atoms with Crippen LogP contribution in [0.15, 0.2) is 23.6 Å². The van der Waals surface area contributed by atoms with Crippen LogP contribution in [0.1, 0.15) is 27.2 Å². The van der Waals surface area contributed by atoms with Crippen LogP contribution < -0.4 is 0 Å². The first kappa shape index (κ1) is 16.7. The molecule has 1 amide bonds. The van der Waals surface area contributed by atoms with Crippen LogP contribution in [0.2, 0.25) is 10.0 Å². The number of rotatable bonds is 3. The highest BCUT2D eigenvalue weighted by atomic mass is 35.5. The predicted molar refractivity (Wildman–Crippen MR) is 89.1 cm³/mol. The Morgan fingerprint density at radius 2 is 2.26 bits per heavy atom. The maximum Gasteiger partial charge on any atom is 0.273 e. The molecule has 1 aromatic carbocycles. The van der Waals surface area contributed by atoms with E-state index in [1.54, 1.807) is 22.4 Å². The third-order valence-corrected chi connectivity index (χ3v) is 5.15. The number of nitrogens with zero attached hydrogens (tertiary/aromatic N) is 2. The molecule has 1 saturated heterocycles. The minimum atomic E-state index is -0.251. The maximum atomic E-state index is 12.5. The van der Waals surface area contributed by atoms with Crippen molar-refractivity contribution in [2.24, 2.45) is 0 Å². The van der Waals surface area contributed by atoms with Gasteiger partial charge in [0, 0.05) is 11.9 Å². The minimum absolute atomic E-state index is 0.158. The minimum Gasteiger partial charge on any atom is -0.389 e. The highest BCUT2D eigenvalue weighted by Gasteiger charge is 2.27. The van der Waals surface area contributed by atoms with Crippen molar-refractivity contribution in [3.63, 3.8) is 0 Å². The zero-order valence-corrected chi connectivity index (χ0v) is 14.4. The van der Waals surface area contributed by atoms with Crippen LogP contribution in [0.25, 0.3) is 0 Å². The van der Waals surface area contributed by atoms with Crippen molar-refractivity contribution in [1.82, 2.24) is 9.88 Å². The first-order valence-electron chi connectivity index (χ1n) is 6.99. The van der Waals surface area contributed by atoms with Gasteiger partial charge in [-0.25, -0.2) is 4.98 Å². The molecular weight excluding hydrogens is 359 g/mol. The van der Waals surface area contributed by atoms with Gasteiger partial charge in [-0.05, 0) is 17.7 Å². The van der Waals surface area contributed by atoms with Crippen molar-refractivity contribution in [3.8, 4) is 0 Å². The lowest BCUT2D eigenvalue weighted by Crippen LogP contribution is -2.42. The number of carbonyl (C=O) groups excluding carboxylic acids is 1. The molecule has 23 heavy (non-hydrogen) atoms. The molecule has 5 nitrogen and oxygen atoms in total. The van der Waals surface area contributed by atoms with Crippen LogP contribution in [0.3, 0.4) is 0 Å². The van der Waals surface area contributed by atoms with Crippen molar-refractivity contribution in [3.05, 3.63) is 49.9 Å². The molecule has 0 saturated carbocycles. The standard InChI is InChI=1S/C15H14Cl2N2O3S/c16-10-2-1-9(5-11(10)17)13-6-19(3-4-22-13)15(21)12-8-23-14(7-20)18-12/h1-2,5,8,13,20H,3-4,6-7H2. The number of carbonyl (C=O) groups is 1. The van der Waals surface area contributed by atoms with E-state index in [2.05, 4.69) is 4.98 Å². The van der Waals surface area contributed by atoms with Crippen molar-refractivity contribution in [2.75, 3.05) is 19.7 Å². The summed E-state index contributed by atoms with van der Waals surface area (Å²) in [5.41, 5.74) is 1.24. The summed E-state index contributed by atoms with van der Waals surface area (Å²) in [5.74, 6) is -0.158. The second-order valence-electron chi connectivity index (χ2n) is 5.07. The average Bonchev–Trinajstić information content (AvgIpc) is 3.06. The zero-order chi connectivity index (χ0) is 16.4. The Balaban J connectivity index is 1.74. The third-order valence-electron chi connectivity index (χ3n) is 3.58. The van der Waals surface area contributed by atoms with Crippen LogP contribution in [-0.4, -0.2) is 40.6 Å². The third kappa shape index (κ3) is 3.67. The second kappa shape index (κ2) is 7.15. The Bertz CT molecular complexity index is 722. The van der Waals surface area contributed by atoms with Crippen LogP contribution in [0, 0.1) is 0 Å². The fourth-order valence-corrected chi connectivity index (χ4v) is 3.33. The van der Waals surface area contributed by atoms with Gasteiger partial charge in [-0.1, -0.05) is 29.3 Å². The molecule has 2 heterocycles. The molecule has 1 unspecified atom stereocenters. The summed E-state index contributed by atoms with van der Waals surface area (Å²) in [6.45, 7) is 1.20. The normalized spacial score (nSPS) is 18.2. The number of ether oxygens (including phenoxy) is 1. The number of thiazole rings is 1. The van der Waals surface area contributed by atoms with Gasteiger partial charge in [0.25, 0.3) is 5.91 Å². The Hall–Kier alpha value is -1.18. The number of halogens is 2. The second-order valence-corrected chi connectivity index (χ2v) is 6.83. The summed E-state index contributed by atoms with van der Waals surface area (Å²) >= 11 is 13.2. The van der Waals surface area contributed by atoms with Crippen molar-refractivity contribution in [2.45, 2.75) is 12.7 Å². The quantitative estimate of drug-likeness (QED) is 0.898. The first-order valence-corrected chi connectivity index (χ1v) is 8.63. The van der Waals surface area contributed by atoms with E-state index < -0.39 is 0 Å². The molecular formula is C15H14Cl2N2O3S. The fourth-order valence-electron chi connectivity index (χ4n) is 2.39. The van der Waals surface area contributed by atoms with Crippen LogP contribution >= 0.6 is 34.5 Å². The summed E-state index contributed by atoms with van der Waals surface area (Å²) < 4.78 is 5.75. The molecule has 2 aromatic rings. The molecule has 0 aliphatic carbocycles. The molecule has 1 atom stereocenters. The number of benzene rings is 1. The van der Waals surface area contributed by atoms with Crippen LogP contribution in [0.5, 0.6) is 0 Å². The summed E-state index contributed by atoms with van der Waals surface area (Å²) in [7, 11) is 0. The van der Waals surface area contributed by atoms with Gasteiger partial charge in [-0.15, -0.1) is 11.3 Å². The first-order chi connectivity index (χ1) is 11.1. The van der Waals surface area contributed by atoms with E-state index >= 15 is 0 Å². The molecule has 1 aromatic heterocycles. The van der Waals surface area contributed by atoms with E-state index in [0.29, 0.717) is 40.4 Å². The van der Waals surface area contributed by atoms with E-state index in [1.807, 2.05) is 6.07 Å². The zero-order valence-electron chi connectivity index (χ0n) is 12.0. The van der Waals surface area contributed by atoms with E-state index in [0.717, 1.165) is 5.56 Å². The van der Waals surface area contributed by atoms with Crippen molar-refractivity contribution < 1.29 is 14.6 Å². The van der Waals surface area contributed by atoms with Gasteiger partial charge >= 0.3 is 0 Å². The Morgan fingerprint density at radius 1 is 1.43 bits per heavy atom. The summed E-state index contributed by atoms with van der Waals surface area (Å²) in [4.78, 5) is 18.3. The SMILES string of the molecule is O=C(c1csc(CO)n1)N1CCOC(c2ccc(Cl)c(Cl)c2)C1. The molecule has 122 valence electrons. The lowest BCUT2D eigenvalue weighted by molar-refractivity contribution is -0.0229. The maximum absolute atomic E-state index is 12.5. The molecule has 1 aliphatic rings. The number of morpholine rings is 1. The molecule has 1 N–H and O–H groups in total. The Labute approximate surface area is 147 Å². The molecule has 8 heteroatoms. The van der Waals surface area contributed by atoms with Crippen LogP contribution in [-0.2, 0) is 11.3 Å². The molecule has 0 radical (unpaired) electrons. The molecule has 1 fully saturated rings. The van der Waals surface area contributed by atoms with E-state index in [9.17, 15) is 4.79 Å². The van der Waals surface area contributed by atoms with Gasteiger partial charge in [-0.2, -0.15) is 0 Å². The monoisotopic (exact) mass is 372 g/mol. The van der Waals surface area contributed by atoms with Gasteiger partial charge in [0.05, 0.1) is 29.8 Å². The van der Waals surface area contributed by atoms with E-state index in [4.69, 9.17) is 33.0 Å². The summed E-state index contributed by atoms with van der Waals surface area (Å²) in [6.07, 6.45) is -0.251. The largest absolute Gasteiger partial charge is 0.389 e. The van der Waals surface area contributed by atoms with Gasteiger partial charge in [0.2, 0.25) is 0 Å². The average molecular weight is 373 g/mol. The molecule has 0 bridgehead atoms. The van der Waals surface area contributed by atoms with Crippen LogP contribution in [0.4, 0.5) is 0 Å². The summed E-state index contributed by atoms with van der Waals surface area (Å²) in [5, 5.41) is 12.2. The van der Waals surface area contributed by atoms with Gasteiger partial charge < -0.3 is 14.7 Å². The number of hydrogen-bond acceptors (Lipinski definition) is 5. The topological polar surface area (TPSA) is 62.7 Å². The molecule has 3 rings (SSSR count). The van der Waals surface area contributed by atoms with Crippen molar-refractivity contribution >= 4 is 40.4 Å². The van der Waals surface area contributed by atoms with E-state index in [-0.39, 0.29) is 18.6 Å². The number of hydrogen-bond donors (Lipinski definition) is 1. The Kier molecular flexibility index (Phi) is 5.18. The Morgan fingerprint density at radius 3 is 2.96 bits per heavy atom. The van der Waals surface area contributed by atoms with Crippen molar-refractivity contribution in [1.29, 1.82) is 0 Å². The highest BCUT2D eigenvalue weighted by Crippen LogP contribution is 2.29. The van der Waals surface area contributed by atoms with Gasteiger partial charge in [0.1, 0.15) is 16.8 Å². The lowest BCUT2D eigenvalue weighted by Gasteiger charge is -2.33. The summed E-state index contributed by atoms with van der Waals surface area (Å²) in [6, 6.07) is 5.33. The smallest absolute Gasteiger partial charge is 0.273 e. The van der Waals surface area contributed by atoms with E-state index in [1.165, 1.54) is 11.3 Å². The van der Waals surface area contributed by atoms with Gasteiger partial charge in [0.15, 0.2) is 0 Å². The molecule has 0 spiro atoms. The number of aliphatic hydroxyl groups excluding tert-OH is 1. The molecule has 1 aliphatic heterocycles.